The topological polar surface area (TPSA) is 35.6 Å². The van der Waals surface area contributed by atoms with Crippen LogP contribution >= 0.6 is 11.6 Å². The summed E-state index contributed by atoms with van der Waals surface area (Å²) in [6.07, 6.45) is 2.12. The molecule has 0 saturated carbocycles. The minimum absolute atomic E-state index is 0.0813. The second-order valence-electron chi connectivity index (χ2n) is 5.72. The van der Waals surface area contributed by atoms with Gasteiger partial charge < -0.3 is 15.1 Å². The van der Waals surface area contributed by atoms with Gasteiger partial charge in [-0.15, -0.1) is 0 Å². The highest BCUT2D eigenvalue weighted by Gasteiger charge is 2.14. The Kier molecular flexibility index (Phi) is 7.16. The third-order valence-corrected chi connectivity index (χ3v) is 4.55. The third-order valence-electron chi connectivity index (χ3n) is 4.22. The molecule has 1 amide bonds. The lowest BCUT2D eigenvalue weighted by atomic mass is 10.2. The molecule has 0 aliphatic carbocycles. The molecule has 1 fully saturated rings. The highest BCUT2D eigenvalue weighted by molar-refractivity contribution is 6.33. The second kappa shape index (κ2) is 9.13. The van der Waals surface area contributed by atoms with Gasteiger partial charge in [0.25, 0.3) is 5.91 Å². The summed E-state index contributed by atoms with van der Waals surface area (Å²) in [6.45, 7) is 9.90. The molecule has 1 heterocycles. The first-order chi connectivity index (χ1) is 10.7. The average molecular weight is 324 g/mol. The fraction of sp³-hybridized carbons (Fsp3) is 0.588. The Balaban J connectivity index is 1.58. The Labute approximate surface area is 138 Å². The van der Waals surface area contributed by atoms with Crippen LogP contribution in [0.3, 0.4) is 0 Å². The fourth-order valence-corrected chi connectivity index (χ4v) is 2.95. The fourth-order valence-electron chi connectivity index (χ4n) is 2.73. The van der Waals surface area contributed by atoms with Gasteiger partial charge in [0, 0.05) is 32.7 Å². The van der Waals surface area contributed by atoms with Crippen LogP contribution in [0.15, 0.2) is 24.3 Å². The number of nitrogens with zero attached hydrogens (tertiary/aromatic N) is 2. The maximum absolute atomic E-state index is 12.0. The van der Waals surface area contributed by atoms with Crippen LogP contribution in [0.1, 0.15) is 30.1 Å². The number of piperazine rings is 1. The summed E-state index contributed by atoms with van der Waals surface area (Å²) in [6, 6.07) is 7.16. The minimum atomic E-state index is -0.0813. The quantitative estimate of drug-likeness (QED) is 0.783. The van der Waals surface area contributed by atoms with Crippen LogP contribution in [0.5, 0.6) is 0 Å². The van der Waals surface area contributed by atoms with E-state index in [1.165, 1.54) is 26.2 Å². The summed E-state index contributed by atoms with van der Waals surface area (Å²) in [4.78, 5) is 17.0. The number of nitrogens with one attached hydrogen (secondary N) is 1. The zero-order chi connectivity index (χ0) is 15.8. The van der Waals surface area contributed by atoms with E-state index in [2.05, 4.69) is 22.0 Å². The molecule has 1 aliphatic rings. The van der Waals surface area contributed by atoms with E-state index in [0.717, 1.165) is 25.9 Å². The number of hydrogen-bond donors (Lipinski definition) is 1. The molecule has 1 aromatic carbocycles. The largest absolute Gasteiger partial charge is 0.352 e. The smallest absolute Gasteiger partial charge is 0.252 e. The van der Waals surface area contributed by atoms with Crippen molar-refractivity contribution in [1.29, 1.82) is 0 Å². The summed E-state index contributed by atoms with van der Waals surface area (Å²) < 4.78 is 0. The standard InChI is InChI=1S/C17H26ClN3O/c1-2-20-11-13-21(14-12-20)10-6-5-9-19-17(22)15-7-3-4-8-16(15)18/h3-4,7-8H,2,5-6,9-14H2,1H3,(H,19,22). The summed E-state index contributed by atoms with van der Waals surface area (Å²) in [5.41, 5.74) is 0.555. The number of likely N-dealkylation sites (N-methyl/N-ethyl adjacent to an activating group) is 1. The van der Waals surface area contributed by atoms with E-state index in [1.54, 1.807) is 12.1 Å². The Morgan fingerprint density at radius 2 is 1.82 bits per heavy atom. The van der Waals surface area contributed by atoms with Gasteiger partial charge in [0.15, 0.2) is 0 Å². The van der Waals surface area contributed by atoms with Gasteiger partial charge >= 0.3 is 0 Å². The van der Waals surface area contributed by atoms with E-state index in [4.69, 9.17) is 11.6 Å². The van der Waals surface area contributed by atoms with Gasteiger partial charge in [0.05, 0.1) is 10.6 Å². The lowest BCUT2D eigenvalue weighted by Gasteiger charge is -2.33. The highest BCUT2D eigenvalue weighted by atomic mass is 35.5. The number of halogens is 1. The van der Waals surface area contributed by atoms with Crippen LogP contribution in [-0.2, 0) is 0 Å². The number of hydrogen-bond acceptors (Lipinski definition) is 3. The molecule has 0 unspecified atom stereocenters. The molecule has 0 atom stereocenters. The van der Waals surface area contributed by atoms with E-state index >= 15 is 0 Å². The number of rotatable bonds is 7. The molecule has 0 aromatic heterocycles. The lowest BCUT2D eigenvalue weighted by Crippen LogP contribution is -2.46. The van der Waals surface area contributed by atoms with Crippen molar-refractivity contribution in [2.45, 2.75) is 19.8 Å². The van der Waals surface area contributed by atoms with Crippen molar-refractivity contribution in [3.05, 3.63) is 34.9 Å². The Morgan fingerprint density at radius 3 is 2.50 bits per heavy atom. The Morgan fingerprint density at radius 1 is 1.14 bits per heavy atom. The van der Waals surface area contributed by atoms with Crippen LogP contribution in [-0.4, -0.2) is 61.5 Å². The van der Waals surface area contributed by atoms with Gasteiger partial charge in [0.1, 0.15) is 0 Å². The van der Waals surface area contributed by atoms with Crippen molar-refractivity contribution in [2.75, 3.05) is 45.8 Å². The monoisotopic (exact) mass is 323 g/mol. The van der Waals surface area contributed by atoms with Crippen molar-refractivity contribution in [3.8, 4) is 0 Å². The van der Waals surface area contributed by atoms with Crippen molar-refractivity contribution in [2.24, 2.45) is 0 Å². The molecule has 0 radical (unpaired) electrons. The van der Waals surface area contributed by atoms with Gasteiger partial charge in [-0.2, -0.15) is 0 Å². The predicted octanol–water partition coefficient (Wildman–Crippen LogP) is 2.49. The molecule has 5 heteroatoms. The summed E-state index contributed by atoms with van der Waals surface area (Å²) >= 11 is 6.01. The Hall–Kier alpha value is -1.10. The number of amides is 1. The first kappa shape index (κ1) is 17.3. The SMILES string of the molecule is CCN1CCN(CCCCNC(=O)c2ccccc2Cl)CC1. The molecular formula is C17H26ClN3O. The average Bonchev–Trinajstić information content (AvgIpc) is 2.55. The first-order valence-electron chi connectivity index (χ1n) is 8.18. The van der Waals surface area contributed by atoms with Crippen molar-refractivity contribution in [3.63, 3.8) is 0 Å². The third kappa shape index (κ3) is 5.27. The molecule has 1 N–H and O–H groups in total. The maximum Gasteiger partial charge on any atom is 0.252 e. The molecule has 2 rings (SSSR count). The zero-order valence-corrected chi connectivity index (χ0v) is 14.1. The minimum Gasteiger partial charge on any atom is -0.352 e. The molecule has 22 heavy (non-hydrogen) atoms. The molecule has 1 saturated heterocycles. The maximum atomic E-state index is 12.0. The van der Waals surface area contributed by atoms with Crippen LogP contribution in [0.4, 0.5) is 0 Å². The van der Waals surface area contributed by atoms with Gasteiger partial charge in [-0.05, 0) is 38.1 Å². The zero-order valence-electron chi connectivity index (χ0n) is 13.4. The number of carbonyl (C=O) groups excluding carboxylic acids is 1. The first-order valence-corrected chi connectivity index (χ1v) is 8.56. The number of carbonyl (C=O) groups is 1. The summed E-state index contributed by atoms with van der Waals surface area (Å²) in [5, 5.41) is 3.45. The van der Waals surface area contributed by atoms with Crippen molar-refractivity contribution in [1.82, 2.24) is 15.1 Å². The van der Waals surface area contributed by atoms with E-state index in [9.17, 15) is 4.79 Å². The van der Waals surface area contributed by atoms with E-state index in [-0.39, 0.29) is 5.91 Å². The van der Waals surface area contributed by atoms with Crippen LogP contribution in [0.2, 0.25) is 5.02 Å². The molecule has 0 bridgehead atoms. The van der Waals surface area contributed by atoms with E-state index in [1.807, 2.05) is 12.1 Å². The second-order valence-corrected chi connectivity index (χ2v) is 6.13. The summed E-state index contributed by atoms with van der Waals surface area (Å²) in [7, 11) is 0. The van der Waals surface area contributed by atoms with E-state index < -0.39 is 0 Å². The molecule has 122 valence electrons. The number of unbranched alkanes of at least 4 members (excludes halogenated alkanes) is 1. The van der Waals surface area contributed by atoms with Crippen LogP contribution < -0.4 is 5.32 Å². The van der Waals surface area contributed by atoms with Crippen molar-refractivity contribution < 1.29 is 4.79 Å². The van der Waals surface area contributed by atoms with E-state index in [0.29, 0.717) is 17.1 Å². The van der Waals surface area contributed by atoms with Crippen LogP contribution in [0.25, 0.3) is 0 Å². The molecule has 4 nitrogen and oxygen atoms in total. The molecule has 1 aromatic rings. The normalized spacial score (nSPS) is 16.6. The summed E-state index contributed by atoms with van der Waals surface area (Å²) in [5.74, 6) is -0.0813. The van der Waals surface area contributed by atoms with Gasteiger partial charge in [-0.3, -0.25) is 4.79 Å². The number of benzene rings is 1. The molecular weight excluding hydrogens is 298 g/mol. The lowest BCUT2D eigenvalue weighted by molar-refractivity contribution is 0.0951. The highest BCUT2D eigenvalue weighted by Crippen LogP contribution is 2.14. The van der Waals surface area contributed by atoms with Crippen LogP contribution in [0, 0.1) is 0 Å². The predicted molar refractivity (Wildman–Crippen MR) is 91.6 cm³/mol. The van der Waals surface area contributed by atoms with Gasteiger partial charge in [-0.1, -0.05) is 30.7 Å². The molecule has 0 spiro atoms. The molecule has 1 aliphatic heterocycles. The Bertz CT molecular complexity index is 473. The van der Waals surface area contributed by atoms with Gasteiger partial charge in [-0.25, -0.2) is 0 Å². The van der Waals surface area contributed by atoms with Crippen molar-refractivity contribution >= 4 is 17.5 Å². The van der Waals surface area contributed by atoms with Gasteiger partial charge in [0.2, 0.25) is 0 Å².